The lowest BCUT2D eigenvalue weighted by Crippen LogP contribution is -2.41. The lowest BCUT2D eigenvalue weighted by Gasteiger charge is -2.32. The van der Waals surface area contributed by atoms with E-state index in [1.54, 1.807) is 6.07 Å². The largest absolute Gasteiger partial charge is 0.392 e. The van der Waals surface area contributed by atoms with Crippen molar-refractivity contribution in [2.24, 2.45) is 5.92 Å². The summed E-state index contributed by atoms with van der Waals surface area (Å²) in [6.45, 7) is 2.59. The summed E-state index contributed by atoms with van der Waals surface area (Å²) in [6.07, 6.45) is 1.95. The number of nitrogens with one attached hydrogen (secondary N) is 1. The van der Waals surface area contributed by atoms with Gasteiger partial charge >= 0.3 is 5.82 Å². The van der Waals surface area contributed by atoms with E-state index in [0.29, 0.717) is 6.54 Å². The van der Waals surface area contributed by atoms with Gasteiger partial charge in [-0.15, -0.1) is 0 Å². The smallest absolute Gasteiger partial charge is 0.363 e. The summed E-state index contributed by atoms with van der Waals surface area (Å²) in [7, 11) is 0. The molecule has 6 nitrogen and oxygen atoms in total. The highest BCUT2D eigenvalue weighted by molar-refractivity contribution is 5.25. The van der Waals surface area contributed by atoms with Crippen LogP contribution in [-0.4, -0.2) is 27.7 Å². The molecule has 92 valence electrons. The van der Waals surface area contributed by atoms with Crippen molar-refractivity contribution in [1.82, 2.24) is 10.3 Å². The SMILES string of the molecule is CC1CC(O)CNC1c1ccc([N+](=O)[O-])nc1. The monoisotopic (exact) mass is 237 g/mol. The normalized spacial score (nSPS) is 28.9. The van der Waals surface area contributed by atoms with Crippen LogP contribution in [0.3, 0.4) is 0 Å². The Kier molecular flexibility index (Phi) is 3.35. The number of β-amino-alcohol motifs (C(OH)–C–C–N with tert-alkyl or cyclic N) is 1. The minimum Gasteiger partial charge on any atom is -0.392 e. The average molecular weight is 237 g/mol. The van der Waals surface area contributed by atoms with Crippen molar-refractivity contribution in [3.63, 3.8) is 0 Å². The second-order valence-corrected chi connectivity index (χ2v) is 4.46. The van der Waals surface area contributed by atoms with Crippen LogP contribution in [0.2, 0.25) is 0 Å². The molecule has 1 aromatic rings. The number of piperidine rings is 1. The van der Waals surface area contributed by atoms with Crippen molar-refractivity contribution in [1.29, 1.82) is 0 Å². The minimum atomic E-state index is -0.509. The Balaban J connectivity index is 2.14. The molecule has 3 atom stereocenters. The third-order valence-corrected chi connectivity index (χ3v) is 3.10. The Labute approximate surface area is 98.8 Å². The Morgan fingerprint density at radius 2 is 2.35 bits per heavy atom. The van der Waals surface area contributed by atoms with E-state index in [0.717, 1.165) is 12.0 Å². The molecule has 1 aliphatic rings. The predicted octanol–water partition coefficient (Wildman–Crippen LogP) is 1.02. The number of rotatable bonds is 2. The van der Waals surface area contributed by atoms with Gasteiger partial charge in [-0.2, -0.15) is 0 Å². The molecule has 1 saturated heterocycles. The lowest BCUT2D eigenvalue weighted by atomic mass is 9.87. The molecule has 0 spiro atoms. The molecule has 17 heavy (non-hydrogen) atoms. The molecule has 0 aliphatic carbocycles. The van der Waals surface area contributed by atoms with Crippen molar-refractivity contribution in [2.75, 3.05) is 6.54 Å². The van der Waals surface area contributed by atoms with Gasteiger partial charge in [-0.25, -0.2) is 0 Å². The topological polar surface area (TPSA) is 88.3 Å². The van der Waals surface area contributed by atoms with Crippen LogP contribution in [0.1, 0.15) is 24.9 Å². The summed E-state index contributed by atoms with van der Waals surface area (Å²) in [4.78, 5) is 13.8. The van der Waals surface area contributed by atoms with Crippen LogP contribution in [0.15, 0.2) is 18.3 Å². The van der Waals surface area contributed by atoms with Crippen molar-refractivity contribution < 1.29 is 10.0 Å². The highest BCUT2D eigenvalue weighted by Crippen LogP contribution is 2.28. The van der Waals surface area contributed by atoms with E-state index in [-0.39, 0.29) is 23.9 Å². The van der Waals surface area contributed by atoms with Gasteiger partial charge in [0.1, 0.15) is 6.20 Å². The standard InChI is InChI=1S/C11H15N3O3/c1-7-4-9(15)6-13-11(7)8-2-3-10(12-5-8)14(16)17/h2-3,5,7,9,11,13,15H,4,6H2,1H3. The molecule has 2 heterocycles. The van der Waals surface area contributed by atoms with Gasteiger partial charge in [0.15, 0.2) is 0 Å². The Morgan fingerprint density at radius 1 is 1.59 bits per heavy atom. The first kappa shape index (κ1) is 11.9. The highest BCUT2D eigenvalue weighted by atomic mass is 16.6. The van der Waals surface area contributed by atoms with E-state index in [9.17, 15) is 15.2 Å². The molecular formula is C11H15N3O3. The maximum atomic E-state index is 10.5. The van der Waals surface area contributed by atoms with Gasteiger partial charge in [-0.3, -0.25) is 0 Å². The fraction of sp³-hybridized carbons (Fsp3) is 0.545. The van der Waals surface area contributed by atoms with Gasteiger partial charge < -0.3 is 20.5 Å². The Morgan fingerprint density at radius 3 is 2.88 bits per heavy atom. The fourth-order valence-electron chi connectivity index (χ4n) is 2.25. The van der Waals surface area contributed by atoms with Crippen molar-refractivity contribution in [3.8, 4) is 0 Å². The van der Waals surface area contributed by atoms with Crippen molar-refractivity contribution in [3.05, 3.63) is 34.0 Å². The zero-order valence-electron chi connectivity index (χ0n) is 9.54. The third-order valence-electron chi connectivity index (χ3n) is 3.10. The second-order valence-electron chi connectivity index (χ2n) is 4.46. The molecule has 1 aliphatic heterocycles. The number of hydrogen-bond donors (Lipinski definition) is 2. The quantitative estimate of drug-likeness (QED) is 0.592. The van der Waals surface area contributed by atoms with Crippen LogP contribution >= 0.6 is 0 Å². The van der Waals surface area contributed by atoms with E-state index in [4.69, 9.17) is 0 Å². The number of aromatic nitrogens is 1. The molecule has 2 N–H and O–H groups in total. The molecule has 0 radical (unpaired) electrons. The van der Waals surface area contributed by atoms with E-state index < -0.39 is 4.92 Å². The van der Waals surface area contributed by atoms with Gasteiger partial charge in [-0.05, 0) is 28.3 Å². The number of aliphatic hydroxyl groups is 1. The van der Waals surface area contributed by atoms with Crippen LogP contribution in [0.25, 0.3) is 0 Å². The van der Waals surface area contributed by atoms with Crippen molar-refractivity contribution >= 4 is 5.82 Å². The van der Waals surface area contributed by atoms with Crippen LogP contribution < -0.4 is 5.32 Å². The number of aliphatic hydroxyl groups excluding tert-OH is 1. The van der Waals surface area contributed by atoms with Gasteiger partial charge in [0, 0.05) is 24.2 Å². The van der Waals surface area contributed by atoms with E-state index in [1.165, 1.54) is 12.3 Å². The van der Waals surface area contributed by atoms with Gasteiger partial charge in [0.25, 0.3) is 0 Å². The van der Waals surface area contributed by atoms with Gasteiger partial charge in [0.2, 0.25) is 0 Å². The molecule has 0 amide bonds. The van der Waals surface area contributed by atoms with Gasteiger partial charge in [-0.1, -0.05) is 6.92 Å². The van der Waals surface area contributed by atoms with E-state index >= 15 is 0 Å². The van der Waals surface area contributed by atoms with Crippen LogP contribution in [0.5, 0.6) is 0 Å². The first-order valence-electron chi connectivity index (χ1n) is 5.59. The first-order valence-corrected chi connectivity index (χ1v) is 5.59. The molecular weight excluding hydrogens is 222 g/mol. The number of nitro groups is 1. The summed E-state index contributed by atoms with van der Waals surface area (Å²) in [6, 6.07) is 3.23. The Bertz CT molecular complexity index is 407. The second kappa shape index (κ2) is 4.77. The average Bonchev–Trinajstić information content (AvgIpc) is 2.29. The molecule has 6 heteroatoms. The summed E-state index contributed by atoms with van der Waals surface area (Å²) in [5, 5.41) is 23.2. The summed E-state index contributed by atoms with van der Waals surface area (Å²) < 4.78 is 0. The van der Waals surface area contributed by atoms with Crippen molar-refractivity contribution in [2.45, 2.75) is 25.5 Å². The molecule has 0 aromatic carbocycles. The molecule has 0 bridgehead atoms. The maximum absolute atomic E-state index is 10.5. The number of nitrogens with zero attached hydrogens (tertiary/aromatic N) is 2. The third kappa shape index (κ3) is 2.59. The summed E-state index contributed by atoms with van der Waals surface area (Å²) in [5.74, 6) is 0.138. The summed E-state index contributed by atoms with van der Waals surface area (Å²) >= 11 is 0. The fourth-order valence-corrected chi connectivity index (χ4v) is 2.25. The minimum absolute atomic E-state index is 0.103. The van der Waals surface area contributed by atoms with Crippen LogP contribution in [0.4, 0.5) is 5.82 Å². The van der Waals surface area contributed by atoms with Gasteiger partial charge in [0.05, 0.1) is 6.10 Å². The predicted molar refractivity (Wildman–Crippen MR) is 61.4 cm³/mol. The number of hydrogen-bond acceptors (Lipinski definition) is 5. The number of pyridine rings is 1. The maximum Gasteiger partial charge on any atom is 0.363 e. The van der Waals surface area contributed by atoms with E-state index in [2.05, 4.69) is 10.3 Å². The molecule has 0 saturated carbocycles. The molecule has 1 fully saturated rings. The Hall–Kier alpha value is -1.53. The highest BCUT2D eigenvalue weighted by Gasteiger charge is 2.28. The first-order chi connectivity index (χ1) is 8.08. The zero-order valence-corrected chi connectivity index (χ0v) is 9.54. The van der Waals surface area contributed by atoms with Crippen LogP contribution in [0, 0.1) is 16.0 Å². The molecule has 2 rings (SSSR count). The van der Waals surface area contributed by atoms with E-state index in [1.807, 2.05) is 6.92 Å². The molecule has 1 aromatic heterocycles. The van der Waals surface area contributed by atoms with Crippen LogP contribution in [-0.2, 0) is 0 Å². The summed E-state index contributed by atoms with van der Waals surface area (Å²) in [5.41, 5.74) is 0.926. The zero-order chi connectivity index (χ0) is 12.4. The molecule has 3 unspecified atom stereocenters. The lowest BCUT2D eigenvalue weighted by molar-refractivity contribution is -0.389.